The van der Waals surface area contributed by atoms with Gasteiger partial charge in [-0.25, -0.2) is 13.4 Å². The number of aliphatic hydroxyl groups is 1. The minimum Gasteiger partial charge on any atom is -0.497 e. The summed E-state index contributed by atoms with van der Waals surface area (Å²) in [6.45, 7) is -1.10. The summed E-state index contributed by atoms with van der Waals surface area (Å²) < 4.78 is 66.9. The van der Waals surface area contributed by atoms with Crippen LogP contribution >= 0.6 is 0 Å². The molecule has 2 aromatic rings. The number of carbonyl (C=O) groups is 1. The van der Waals surface area contributed by atoms with Crippen molar-refractivity contribution in [3.63, 3.8) is 0 Å². The van der Waals surface area contributed by atoms with Gasteiger partial charge in [-0.3, -0.25) is 4.79 Å². The van der Waals surface area contributed by atoms with Crippen molar-refractivity contribution in [2.24, 2.45) is 0 Å². The number of hydrogen-bond donors (Lipinski definition) is 3. The first-order valence-electron chi connectivity index (χ1n) is 7.64. The first-order valence-corrected chi connectivity index (χ1v) is 9.12. The van der Waals surface area contributed by atoms with Gasteiger partial charge in [0.2, 0.25) is 9.84 Å². The highest BCUT2D eigenvalue weighted by molar-refractivity contribution is 7.91. The number of pyridine rings is 1. The summed E-state index contributed by atoms with van der Waals surface area (Å²) in [5, 5.41) is 10.7. The van der Waals surface area contributed by atoms with Crippen LogP contribution in [0.15, 0.2) is 46.3 Å². The standard InChI is InChI=1S/C16H16F3N3O5S/c1-27-9-2-4-10(5-3-9)28(25,26)11-6-12(20)14(21-7-11)15(24)22-8-13(23)16(17,18)19/h2-7,13,23H,8,20H2,1H3,(H,22,24). The van der Waals surface area contributed by atoms with Crippen LogP contribution in [0.25, 0.3) is 0 Å². The van der Waals surface area contributed by atoms with Crippen LogP contribution in [0.3, 0.4) is 0 Å². The summed E-state index contributed by atoms with van der Waals surface area (Å²) in [6.07, 6.45) is -6.79. The van der Waals surface area contributed by atoms with E-state index < -0.39 is 40.3 Å². The number of aromatic nitrogens is 1. The van der Waals surface area contributed by atoms with Crippen molar-refractivity contribution >= 4 is 21.4 Å². The number of benzene rings is 1. The Bertz CT molecular complexity index is 962. The van der Waals surface area contributed by atoms with Gasteiger partial charge in [0.1, 0.15) is 5.75 Å². The molecule has 1 amide bonds. The number of nitrogens with two attached hydrogens (primary N) is 1. The minimum atomic E-state index is -4.90. The molecule has 0 radical (unpaired) electrons. The average molecular weight is 419 g/mol. The van der Waals surface area contributed by atoms with Gasteiger partial charge in [0, 0.05) is 6.20 Å². The van der Waals surface area contributed by atoms with Crippen molar-refractivity contribution in [3.05, 3.63) is 42.2 Å². The number of ether oxygens (including phenoxy) is 1. The summed E-state index contributed by atoms with van der Waals surface area (Å²) in [5.41, 5.74) is 4.82. The molecular weight excluding hydrogens is 403 g/mol. The molecule has 1 aromatic carbocycles. The van der Waals surface area contributed by atoms with E-state index in [9.17, 15) is 26.4 Å². The van der Waals surface area contributed by atoms with Gasteiger partial charge in [0.15, 0.2) is 11.8 Å². The number of anilines is 1. The largest absolute Gasteiger partial charge is 0.497 e. The lowest BCUT2D eigenvalue weighted by Gasteiger charge is -2.15. The van der Waals surface area contributed by atoms with Crippen molar-refractivity contribution in [1.29, 1.82) is 0 Å². The van der Waals surface area contributed by atoms with Crippen molar-refractivity contribution < 1.29 is 36.2 Å². The van der Waals surface area contributed by atoms with E-state index in [1.807, 2.05) is 5.32 Å². The van der Waals surface area contributed by atoms with Crippen molar-refractivity contribution in [1.82, 2.24) is 10.3 Å². The normalized spacial score (nSPS) is 13.0. The highest BCUT2D eigenvalue weighted by Crippen LogP contribution is 2.25. The van der Waals surface area contributed by atoms with Crippen LogP contribution in [0.1, 0.15) is 10.5 Å². The third kappa shape index (κ3) is 4.70. The van der Waals surface area contributed by atoms with E-state index in [0.717, 1.165) is 12.3 Å². The van der Waals surface area contributed by atoms with Gasteiger partial charge in [-0.05, 0) is 30.3 Å². The molecule has 0 bridgehead atoms. The molecule has 1 aromatic heterocycles. The van der Waals surface area contributed by atoms with E-state index in [4.69, 9.17) is 15.6 Å². The number of hydrogen-bond acceptors (Lipinski definition) is 7. The summed E-state index contributed by atoms with van der Waals surface area (Å²) in [4.78, 5) is 15.2. The van der Waals surface area contributed by atoms with Gasteiger partial charge >= 0.3 is 6.18 Å². The molecule has 0 saturated heterocycles. The Kier molecular flexibility index (Phi) is 6.14. The van der Waals surface area contributed by atoms with Crippen LogP contribution in [0.5, 0.6) is 5.75 Å². The van der Waals surface area contributed by atoms with E-state index in [1.165, 1.54) is 31.4 Å². The third-order valence-electron chi connectivity index (χ3n) is 3.62. The molecule has 0 aliphatic rings. The zero-order valence-corrected chi connectivity index (χ0v) is 15.2. The van der Waals surface area contributed by atoms with Gasteiger partial charge < -0.3 is 20.9 Å². The number of nitrogen functional groups attached to an aromatic ring is 1. The van der Waals surface area contributed by atoms with Gasteiger partial charge in [0.05, 0.1) is 29.1 Å². The molecule has 4 N–H and O–H groups in total. The number of rotatable bonds is 6. The fraction of sp³-hybridized carbons (Fsp3) is 0.250. The molecule has 8 nitrogen and oxygen atoms in total. The van der Waals surface area contributed by atoms with E-state index in [1.54, 1.807) is 0 Å². The maximum Gasteiger partial charge on any atom is 0.416 e. The number of alkyl halides is 3. The topological polar surface area (TPSA) is 132 Å². The molecule has 0 fully saturated rings. The molecule has 0 spiro atoms. The second-order valence-electron chi connectivity index (χ2n) is 5.56. The Hall–Kier alpha value is -2.86. The molecule has 12 heteroatoms. The zero-order chi connectivity index (χ0) is 21.1. The molecule has 0 aliphatic heterocycles. The van der Waals surface area contributed by atoms with Crippen LogP contribution in [0, 0.1) is 0 Å². The second-order valence-corrected chi connectivity index (χ2v) is 7.50. The van der Waals surface area contributed by atoms with E-state index in [2.05, 4.69) is 4.98 Å². The summed E-state index contributed by atoms with van der Waals surface area (Å²) in [6, 6.07) is 6.48. The number of aliphatic hydroxyl groups excluding tert-OH is 1. The monoisotopic (exact) mass is 419 g/mol. The van der Waals surface area contributed by atoms with Crippen molar-refractivity contribution in [2.75, 3.05) is 19.4 Å². The number of methoxy groups -OCH3 is 1. The van der Waals surface area contributed by atoms with Gasteiger partial charge in [-0.2, -0.15) is 13.2 Å². The van der Waals surface area contributed by atoms with Gasteiger partial charge in [-0.1, -0.05) is 0 Å². The van der Waals surface area contributed by atoms with E-state index in [-0.39, 0.29) is 15.5 Å². The number of sulfone groups is 1. The van der Waals surface area contributed by atoms with Crippen LogP contribution in [0.4, 0.5) is 18.9 Å². The number of nitrogens with one attached hydrogen (secondary N) is 1. The first-order chi connectivity index (χ1) is 13.0. The Balaban J connectivity index is 2.22. The fourth-order valence-corrected chi connectivity index (χ4v) is 3.32. The Morgan fingerprint density at radius 3 is 2.39 bits per heavy atom. The minimum absolute atomic E-state index is 0.0694. The maximum absolute atomic E-state index is 12.6. The summed E-state index contributed by atoms with van der Waals surface area (Å²) in [5.74, 6) is -0.640. The van der Waals surface area contributed by atoms with Gasteiger partial charge in [-0.15, -0.1) is 0 Å². The molecule has 1 unspecified atom stereocenters. The lowest BCUT2D eigenvalue weighted by molar-refractivity contribution is -0.201. The molecule has 28 heavy (non-hydrogen) atoms. The third-order valence-corrected chi connectivity index (χ3v) is 5.36. The van der Waals surface area contributed by atoms with Crippen LogP contribution in [-0.2, 0) is 9.84 Å². The molecule has 1 atom stereocenters. The smallest absolute Gasteiger partial charge is 0.416 e. The quantitative estimate of drug-likeness (QED) is 0.640. The SMILES string of the molecule is COc1ccc(S(=O)(=O)c2cnc(C(=O)NCC(O)C(F)(F)F)c(N)c2)cc1. The molecule has 2 rings (SSSR count). The summed E-state index contributed by atoms with van der Waals surface area (Å²) >= 11 is 0. The summed E-state index contributed by atoms with van der Waals surface area (Å²) in [7, 11) is -2.57. The highest BCUT2D eigenvalue weighted by atomic mass is 32.2. The predicted octanol–water partition coefficient (Wildman–Crippen LogP) is 1.16. The predicted molar refractivity (Wildman–Crippen MR) is 91.5 cm³/mol. The van der Waals surface area contributed by atoms with E-state index >= 15 is 0 Å². The van der Waals surface area contributed by atoms with Crippen LogP contribution < -0.4 is 15.8 Å². The van der Waals surface area contributed by atoms with Crippen LogP contribution in [-0.4, -0.2) is 50.4 Å². The Labute approximate surface area is 158 Å². The Morgan fingerprint density at radius 1 is 1.29 bits per heavy atom. The molecular formula is C16H16F3N3O5S. The lowest BCUT2D eigenvalue weighted by atomic mass is 10.2. The molecule has 152 valence electrons. The molecule has 0 aliphatic carbocycles. The highest BCUT2D eigenvalue weighted by Gasteiger charge is 2.38. The number of amides is 1. The number of carbonyl (C=O) groups excluding carboxylic acids is 1. The van der Waals surface area contributed by atoms with E-state index in [0.29, 0.717) is 5.75 Å². The molecule has 1 heterocycles. The van der Waals surface area contributed by atoms with Gasteiger partial charge in [0.25, 0.3) is 5.91 Å². The number of nitrogens with zero attached hydrogens (tertiary/aromatic N) is 1. The maximum atomic E-state index is 12.6. The van der Waals surface area contributed by atoms with Crippen molar-refractivity contribution in [2.45, 2.75) is 22.1 Å². The first kappa shape index (κ1) is 21.4. The lowest BCUT2D eigenvalue weighted by Crippen LogP contribution is -2.41. The zero-order valence-electron chi connectivity index (χ0n) is 14.4. The Morgan fingerprint density at radius 2 is 1.89 bits per heavy atom. The van der Waals surface area contributed by atoms with Crippen molar-refractivity contribution in [3.8, 4) is 5.75 Å². The fourth-order valence-electron chi connectivity index (χ4n) is 2.08. The number of halogens is 3. The average Bonchev–Trinajstić information content (AvgIpc) is 2.64. The van der Waals surface area contributed by atoms with Crippen LogP contribution in [0.2, 0.25) is 0 Å². The second kappa shape index (κ2) is 8.02. The molecule has 0 saturated carbocycles.